The second kappa shape index (κ2) is 4.37. The van der Waals surface area contributed by atoms with Gasteiger partial charge in [0, 0.05) is 45.3 Å². The summed E-state index contributed by atoms with van der Waals surface area (Å²) in [5, 5.41) is 2.81. The molecule has 0 aliphatic carbocycles. The standard InChI is InChI=1S/C10H20N4O/c1-8-6-13(7-9(8)11)4-5-14-3-2-12-10(14)15/h8-9H,2-7,11H2,1H3,(H,12,15). The fraction of sp³-hybridized carbons (Fsp3) is 0.900. The van der Waals surface area contributed by atoms with Crippen LogP contribution < -0.4 is 11.1 Å². The molecule has 0 aromatic carbocycles. The molecule has 0 saturated carbocycles. The number of carbonyl (C=O) groups excluding carboxylic acids is 1. The van der Waals surface area contributed by atoms with Crippen molar-refractivity contribution in [1.29, 1.82) is 0 Å². The zero-order valence-corrected chi connectivity index (χ0v) is 9.28. The molecule has 86 valence electrons. The molecular weight excluding hydrogens is 192 g/mol. The van der Waals surface area contributed by atoms with Gasteiger partial charge < -0.3 is 16.0 Å². The van der Waals surface area contributed by atoms with E-state index >= 15 is 0 Å². The molecule has 2 aliphatic rings. The normalized spacial score (nSPS) is 32.4. The minimum absolute atomic E-state index is 0.0755. The van der Waals surface area contributed by atoms with Gasteiger partial charge in [-0.3, -0.25) is 4.90 Å². The van der Waals surface area contributed by atoms with Crippen LogP contribution in [-0.4, -0.2) is 61.1 Å². The van der Waals surface area contributed by atoms with Crippen molar-refractivity contribution < 1.29 is 4.79 Å². The Labute approximate surface area is 90.6 Å². The lowest BCUT2D eigenvalue weighted by atomic mass is 10.1. The number of hydrogen-bond acceptors (Lipinski definition) is 3. The summed E-state index contributed by atoms with van der Waals surface area (Å²) in [6, 6.07) is 0.379. The fourth-order valence-corrected chi connectivity index (χ4v) is 2.26. The molecule has 0 aromatic rings. The number of amides is 2. The van der Waals surface area contributed by atoms with E-state index in [0.29, 0.717) is 12.0 Å². The van der Waals surface area contributed by atoms with Crippen LogP contribution >= 0.6 is 0 Å². The Balaban J connectivity index is 1.72. The number of nitrogens with zero attached hydrogens (tertiary/aromatic N) is 2. The van der Waals surface area contributed by atoms with Crippen molar-refractivity contribution in [2.45, 2.75) is 13.0 Å². The van der Waals surface area contributed by atoms with Gasteiger partial charge in [-0.05, 0) is 5.92 Å². The molecule has 0 spiro atoms. The second-order valence-electron chi connectivity index (χ2n) is 4.62. The van der Waals surface area contributed by atoms with E-state index in [2.05, 4.69) is 17.1 Å². The summed E-state index contributed by atoms with van der Waals surface area (Å²) in [5.41, 5.74) is 5.95. The molecule has 2 fully saturated rings. The van der Waals surface area contributed by atoms with E-state index in [1.807, 2.05) is 4.90 Å². The van der Waals surface area contributed by atoms with Crippen molar-refractivity contribution in [1.82, 2.24) is 15.1 Å². The average molecular weight is 212 g/mol. The minimum atomic E-state index is 0.0755. The van der Waals surface area contributed by atoms with Crippen LogP contribution in [0.3, 0.4) is 0 Å². The van der Waals surface area contributed by atoms with E-state index in [9.17, 15) is 4.79 Å². The molecule has 0 aromatic heterocycles. The maximum Gasteiger partial charge on any atom is 0.317 e. The fourth-order valence-electron chi connectivity index (χ4n) is 2.26. The first-order valence-electron chi connectivity index (χ1n) is 5.67. The lowest BCUT2D eigenvalue weighted by molar-refractivity contribution is 0.207. The SMILES string of the molecule is CC1CN(CCN2CCNC2=O)CC1N. The third kappa shape index (κ3) is 2.41. The van der Waals surface area contributed by atoms with Crippen molar-refractivity contribution in [3.05, 3.63) is 0 Å². The average Bonchev–Trinajstić information content (AvgIpc) is 2.72. The largest absolute Gasteiger partial charge is 0.336 e. The number of urea groups is 1. The highest BCUT2D eigenvalue weighted by Gasteiger charge is 2.27. The summed E-state index contributed by atoms with van der Waals surface area (Å²) >= 11 is 0. The van der Waals surface area contributed by atoms with Crippen molar-refractivity contribution in [3.8, 4) is 0 Å². The number of hydrogen-bond donors (Lipinski definition) is 2. The first-order valence-corrected chi connectivity index (χ1v) is 5.67. The van der Waals surface area contributed by atoms with Crippen LogP contribution in [0.25, 0.3) is 0 Å². The van der Waals surface area contributed by atoms with E-state index in [1.165, 1.54) is 0 Å². The summed E-state index contributed by atoms with van der Waals surface area (Å²) < 4.78 is 0. The number of rotatable bonds is 3. The van der Waals surface area contributed by atoms with Gasteiger partial charge in [0.2, 0.25) is 0 Å². The van der Waals surface area contributed by atoms with E-state index < -0.39 is 0 Å². The van der Waals surface area contributed by atoms with Gasteiger partial charge in [0.15, 0.2) is 0 Å². The molecule has 2 saturated heterocycles. The van der Waals surface area contributed by atoms with Crippen LogP contribution in [0.2, 0.25) is 0 Å². The Morgan fingerprint density at radius 2 is 2.27 bits per heavy atom. The number of likely N-dealkylation sites (tertiary alicyclic amines) is 1. The van der Waals surface area contributed by atoms with Crippen LogP contribution in [0.5, 0.6) is 0 Å². The number of carbonyl (C=O) groups is 1. The second-order valence-corrected chi connectivity index (χ2v) is 4.62. The van der Waals surface area contributed by atoms with Crippen LogP contribution in [0.1, 0.15) is 6.92 Å². The topological polar surface area (TPSA) is 61.6 Å². The summed E-state index contributed by atoms with van der Waals surface area (Å²) in [7, 11) is 0. The van der Waals surface area contributed by atoms with E-state index in [-0.39, 0.29) is 6.03 Å². The third-order valence-corrected chi connectivity index (χ3v) is 3.38. The Morgan fingerprint density at radius 3 is 2.80 bits per heavy atom. The molecule has 2 aliphatic heterocycles. The van der Waals surface area contributed by atoms with Gasteiger partial charge in [-0.15, -0.1) is 0 Å². The molecule has 0 bridgehead atoms. The van der Waals surface area contributed by atoms with Crippen molar-refractivity contribution in [2.24, 2.45) is 11.7 Å². The van der Waals surface area contributed by atoms with E-state index in [0.717, 1.165) is 39.3 Å². The molecule has 15 heavy (non-hydrogen) atoms. The van der Waals surface area contributed by atoms with E-state index in [1.54, 1.807) is 0 Å². The van der Waals surface area contributed by atoms with Crippen molar-refractivity contribution >= 4 is 6.03 Å². The Kier molecular flexibility index (Phi) is 3.11. The quantitative estimate of drug-likeness (QED) is 0.650. The lowest BCUT2D eigenvalue weighted by Gasteiger charge is -2.20. The van der Waals surface area contributed by atoms with Crippen molar-refractivity contribution in [2.75, 3.05) is 39.3 Å². The molecule has 2 rings (SSSR count). The summed E-state index contributed by atoms with van der Waals surface area (Å²) in [6.45, 7) is 7.63. The molecule has 2 heterocycles. The monoisotopic (exact) mass is 212 g/mol. The Hall–Kier alpha value is -0.810. The smallest absolute Gasteiger partial charge is 0.317 e. The maximum absolute atomic E-state index is 11.3. The first kappa shape index (κ1) is 10.7. The molecule has 0 radical (unpaired) electrons. The molecule has 5 nitrogen and oxygen atoms in total. The third-order valence-electron chi connectivity index (χ3n) is 3.38. The molecule has 3 N–H and O–H groups in total. The summed E-state index contributed by atoms with van der Waals surface area (Å²) in [5.74, 6) is 0.581. The highest BCUT2D eigenvalue weighted by atomic mass is 16.2. The van der Waals surface area contributed by atoms with Gasteiger partial charge >= 0.3 is 6.03 Å². The van der Waals surface area contributed by atoms with Gasteiger partial charge in [0.25, 0.3) is 0 Å². The van der Waals surface area contributed by atoms with Crippen LogP contribution in [0.4, 0.5) is 4.79 Å². The Bertz CT molecular complexity index is 236. The zero-order valence-electron chi connectivity index (χ0n) is 9.28. The molecule has 5 heteroatoms. The van der Waals surface area contributed by atoms with E-state index in [4.69, 9.17) is 5.73 Å². The van der Waals surface area contributed by atoms with Crippen molar-refractivity contribution in [3.63, 3.8) is 0 Å². The number of nitrogens with one attached hydrogen (secondary N) is 1. The summed E-state index contributed by atoms with van der Waals surface area (Å²) in [6.07, 6.45) is 0. The summed E-state index contributed by atoms with van der Waals surface area (Å²) in [4.78, 5) is 15.5. The van der Waals surface area contributed by atoms with Gasteiger partial charge in [0.05, 0.1) is 0 Å². The van der Waals surface area contributed by atoms with Crippen LogP contribution in [0, 0.1) is 5.92 Å². The first-order chi connectivity index (χ1) is 7.16. The van der Waals surface area contributed by atoms with Crippen LogP contribution in [-0.2, 0) is 0 Å². The predicted molar refractivity (Wildman–Crippen MR) is 58.6 cm³/mol. The number of nitrogens with two attached hydrogens (primary N) is 1. The van der Waals surface area contributed by atoms with Gasteiger partial charge in [0.1, 0.15) is 0 Å². The van der Waals surface area contributed by atoms with Crippen LogP contribution in [0.15, 0.2) is 0 Å². The van der Waals surface area contributed by atoms with Gasteiger partial charge in [-0.25, -0.2) is 4.79 Å². The predicted octanol–water partition coefficient (Wildman–Crippen LogP) is -0.709. The lowest BCUT2D eigenvalue weighted by Crippen LogP contribution is -2.37. The molecule has 2 amide bonds. The molecular formula is C10H20N4O. The zero-order chi connectivity index (χ0) is 10.8. The molecule has 2 unspecified atom stereocenters. The molecule has 2 atom stereocenters. The highest BCUT2D eigenvalue weighted by molar-refractivity contribution is 5.76. The maximum atomic E-state index is 11.3. The van der Waals surface area contributed by atoms with Gasteiger partial charge in [-0.2, -0.15) is 0 Å². The minimum Gasteiger partial charge on any atom is -0.336 e. The Morgan fingerprint density at radius 1 is 1.47 bits per heavy atom. The van der Waals surface area contributed by atoms with Gasteiger partial charge in [-0.1, -0.05) is 6.92 Å². The highest BCUT2D eigenvalue weighted by Crippen LogP contribution is 2.13.